The van der Waals surface area contributed by atoms with E-state index < -0.39 is 17.6 Å². The van der Waals surface area contributed by atoms with Crippen LogP contribution in [0.3, 0.4) is 0 Å². The molecular formula is C15H13FN6O3. The van der Waals surface area contributed by atoms with Gasteiger partial charge in [0.2, 0.25) is 5.91 Å². The van der Waals surface area contributed by atoms with E-state index in [4.69, 9.17) is 4.42 Å². The van der Waals surface area contributed by atoms with E-state index in [1.54, 1.807) is 18.2 Å². The molecule has 3 aromatic rings. The van der Waals surface area contributed by atoms with Gasteiger partial charge < -0.3 is 4.42 Å². The number of halogens is 1. The van der Waals surface area contributed by atoms with Gasteiger partial charge in [0.1, 0.15) is 5.82 Å². The number of hydrogen-bond acceptors (Lipinski definition) is 6. The summed E-state index contributed by atoms with van der Waals surface area (Å²) in [7, 11) is 0. The van der Waals surface area contributed by atoms with E-state index >= 15 is 0 Å². The molecule has 25 heavy (non-hydrogen) atoms. The number of nitrogens with one attached hydrogen (secondary N) is 3. The molecule has 0 saturated heterocycles. The first kappa shape index (κ1) is 16.3. The summed E-state index contributed by atoms with van der Waals surface area (Å²) in [6.07, 6.45) is 2.84. The molecule has 0 aliphatic rings. The molecule has 0 unspecified atom stereocenters. The molecule has 0 aliphatic heterocycles. The second-order valence-electron chi connectivity index (χ2n) is 4.96. The summed E-state index contributed by atoms with van der Waals surface area (Å²) in [6, 6.07) is 6.16. The van der Waals surface area contributed by atoms with E-state index in [0.29, 0.717) is 5.56 Å². The van der Waals surface area contributed by atoms with Crippen LogP contribution in [-0.4, -0.2) is 32.2 Å². The van der Waals surface area contributed by atoms with E-state index in [1.807, 2.05) is 0 Å². The molecule has 0 fully saturated rings. The minimum atomic E-state index is -0.597. The van der Waals surface area contributed by atoms with Gasteiger partial charge in [-0.15, -0.1) is 0 Å². The summed E-state index contributed by atoms with van der Waals surface area (Å²) >= 11 is 0. The van der Waals surface area contributed by atoms with Crippen LogP contribution in [0, 0.1) is 5.82 Å². The molecule has 0 bridgehead atoms. The molecule has 3 rings (SSSR count). The lowest BCUT2D eigenvalue weighted by Crippen LogP contribution is -2.41. The van der Waals surface area contributed by atoms with Crippen molar-refractivity contribution in [2.75, 3.05) is 0 Å². The SMILES string of the molecule is O=C(CCc1ncc(-c2ccccc2F)o1)NNC(=O)c1cn[nH]n1. The number of oxazole rings is 1. The normalized spacial score (nSPS) is 10.4. The number of aromatic amines is 1. The Kier molecular flexibility index (Phi) is 4.79. The summed E-state index contributed by atoms with van der Waals surface area (Å²) in [5.41, 5.74) is 4.78. The molecule has 3 N–H and O–H groups in total. The lowest BCUT2D eigenvalue weighted by Gasteiger charge is -2.04. The summed E-state index contributed by atoms with van der Waals surface area (Å²) in [6.45, 7) is 0. The minimum absolute atomic E-state index is 0.0241. The first-order chi connectivity index (χ1) is 12.1. The van der Waals surface area contributed by atoms with Gasteiger partial charge in [0, 0.05) is 12.8 Å². The number of carbonyl (C=O) groups excluding carboxylic acids is 2. The smallest absolute Gasteiger partial charge is 0.291 e. The first-order valence-corrected chi connectivity index (χ1v) is 7.28. The van der Waals surface area contributed by atoms with Crippen molar-refractivity contribution >= 4 is 11.8 Å². The highest BCUT2D eigenvalue weighted by atomic mass is 19.1. The Balaban J connectivity index is 1.50. The number of amides is 2. The Hall–Kier alpha value is -3.56. The maximum atomic E-state index is 13.7. The third-order valence-corrected chi connectivity index (χ3v) is 3.22. The second-order valence-corrected chi connectivity index (χ2v) is 4.96. The van der Waals surface area contributed by atoms with Crippen LogP contribution in [0.2, 0.25) is 0 Å². The number of hydrazine groups is 1. The van der Waals surface area contributed by atoms with Crippen LogP contribution in [0.4, 0.5) is 4.39 Å². The average molecular weight is 344 g/mol. The number of nitrogens with zero attached hydrogens (tertiary/aromatic N) is 3. The van der Waals surface area contributed by atoms with Gasteiger partial charge in [-0.1, -0.05) is 12.1 Å². The monoisotopic (exact) mass is 344 g/mol. The standard InChI is InChI=1S/C15H13FN6O3/c16-10-4-2-1-3-9(10)12-8-17-14(25-12)6-5-13(23)20-21-15(24)11-7-18-22-19-11/h1-4,7-8H,5-6H2,(H,20,23)(H,21,24)(H,18,19,22). The zero-order valence-corrected chi connectivity index (χ0v) is 12.8. The van der Waals surface area contributed by atoms with Gasteiger partial charge >= 0.3 is 0 Å². The van der Waals surface area contributed by atoms with E-state index in [9.17, 15) is 14.0 Å². The molecule has 10 heteroatoms. The molecule has 9 nitrogen and oxygen atoms in total. The highest BCUT2D eigenvalue weighted by Gasteiger charge is 2.13. The topological polar surface area (TPSA) is 126 Å². The molecule has 2 heterocycles. The van der Waals surface area contributed by atoms with Crippen molar-refractivity contribution in [1.29, 1.82) is 0 Å². The number of carbonyl (C=O) groups is 2. The number of benzene rings is 1. The molecular weight excluding hydrogens is 331 g/mol. The van der Waals surface area contributed by atoms with Crippen LogP contribution in [0.25, 0.3) is 11.3 Å². The van der Waals surface area contributed by atoms with Crippen molar-refractivity contribution in [1.82, 2.24) is 31.2 Å². The van der Waals surface area contributed by atoms with Crippen molar-refractivity contribution in [3.8, 4) is 11.3 Å². The van der Waals surface area contributed by atoms with Crippen LogP contribution in [0.15, 0.2) is 41.1 Å². The third-order valence-electron chi connectivity index (χ3n) is 3.22. The van der Waals surface area contributed by atoms with E-state index in [0.717, 1.165) is 0 Å². The lowest BCUT2D eigenvalue weighted by atomic mass is 10.2. The number of hydrogen-bond donors (Lipinski definition) is 3. The van der Waals surface area contributed by atoms with Crippen molar-refractivity contribution in [3.63, 3.8) is 0 Å². The highest BCUT2D eigenvalue weighted by Crippen LogP contribution is 2.23. The van der Waals surface area contributed by atoms with Crippen molar-refractivity contribution in [2.24, 2.45) is 0 Å². The fourth-order valence-electron chi connectivity index (χ4n) is 2.00. The van der Waals surface area contributed by atoms with Crippen molar-refractivity contribution in [3.05, 3.63) is 54.1 Å². The van der Waals surface area contributed by atoms with Gasteiger partial charge in [-0.3, -0.25) is 20.4 Å². The fraction of sp³-hybridized carbons (Fsp3) is 0.133. The number of rotatable bonds is 5. The van der Waals surface area contributed by atoms with Gasteiger partial charge in [-0.25, -0.2) is 9.37 Å². The molecule has 0 saturated carbocycles. The third kappa shape index (κ3) is 4.05. The molecule has 0 atom stereocenters. The predicted molar refractivity (Wildman–Crippen MR) is 82.2 cm³/mol. The summed E-state index contributed by atoms with van der Waals surface area (Å²) in [5, 5.41) is 9.34. The van der Waals surface area contributed by atoms with Crippen LogP contribution >= 0.6 is 0 Å². The van der Waals surface area contributed by atoms with Gasteiger partial charge in [-0.05, 0) is 12.1 Å². The maximum Gasteiger partial charge on any atom is 0.291 e. The number of H-pyrrole nitrogens is 1. The van der Waals surface area contributed by atoms with Crippen LogP contribution in [0.1, 0.15) is 22.8 Å². The Bertz CT molecular complexity index is 877. The molecule has 2 aromatic heterocycles. The Morgan fingerprint density at radius 2 is 2.04 bits per heavy atom. The zero-order valence-electron chi connectivity index (χ0n) is 12.8. The molecule has 0 radical (unpaired) electrons. The quantitative estimate of drug-likeness (QED) is 0.593. The molecule has 0 spiro atoms. The van der Waals surface area contributed by atoms with Gasteiger partial charge in [0.25, 0.3) is 5.91 Å². The van der Waals surface area contributed by atoms with Gasteiger partial charge in [0.05, 0.1) is 18.0 Å². The van der Waals surface area contributed by atoms with Crippen LogP contribution in [0.5, 0.6) is 0 Å². The second kappa shape index (κ2) is 7.34. The Morgan fingerprint density at radius 1 is 1.20 bits per heavy atom. The molecule has 1 aromatic carbocycles. The highest BCUT2D eigenvalue weighted by molar-refractivity contribution is 5.93. The Labute approximate surface area is 140 Å². The molecule has 2 amide bonds. The average Bonchev–Trinajstić information content (AvgIpc) is 3.30. The van der Waals surface area contributed by atoms with E-state index in [-0.39, 0.29) is 30.2 Å². The number of aromatic nitrogens is 4. The zero-order chi connectivity index (χ0) is 17.6. The molecule has 128 valence electrons. The van der Waals surface area contributed by atoms with Gasteiger partial charge in [-0.2, -0.15) is 15.4 Å². The molecule has 0 aliphatic carbocycles. The van der Waals surface area contributed by atoms with Crippen molar-refractivity contribution in [2.45, 2.75) is 12.8 Å². The van der Waals surface area contributed by atoms with Crippen LogP contribution < -0.4 is 10.9 Å². The summed E-state index contributed by atoms with van der Waals surface area (Å²) < 4.78 is 19.1. The lowest BCUT2D eigenvalue weighted by molar-refractivity contribution is -0.121. The maximum absolute atomic E-state index is 13.7. The predicted octanol–water partition coefficient (Wildman–Crippen LogP) is 0.993. The largest absolute Gasteiger partial charge is 0.441 e. The van der Waals surface area contributed by atoms with E-state index in [2.05, 4.69) is 31.2 Å². The summed E-state index contributed by atoms with van der Waals surface area (Å²) in [4.78, 5) is 27.3. The van der Waals surface area contributed by atoms with Gasteiger partial charge in [0.15, 0.2) is 17.3 Å². The first-order valence-electron chi connectivity index (χ1n) is 7.28. The summed E-state index contributed by atoms with van der Waals surface area (Å²) in [5.74, 6) is -0.884. The number of aryl methyl sites for hydroxylation is 1. The fourth-order valence-corrected chi connectivity index (χ4v) is 2.00. The Morgan fingerprint density at radius 3 is 2.80 bits per heavy atom. The van der Waals surface area contributed by atoms with Crippen LogP contribution in [-0.2, 0) is 11.2 Å². The minimum Gasteiger partial charge on any atom is -0.441 e. The van der Waals surface area contributed by atoms with Crippen molar-refractivity contribution < 1.29 is 18.4 Å². The van der Waals surface area contributed by atoms with E-state index in [1.165, 1.54) is 18.5 Å².